The summed E-state index contributed by atoms with van der Waals surface area (Å²) in [7, 11) is 0. The van der Waals surface area contributed by atoms with Crippen LogP contribution >= 0.6 is 0 Å². The maximum Gasteiger partial charge on any atom is 0.387 e. The normalized spacial score (nSPS) is 19.1. The average Bonchev–Trinajstić information content (AvgIpc) is 3.10. The van der Waals surface area contributed by atoms with E-state index in [4.69, 9.17) is 0 Å². The summed E-state index contributed by atoms with van der Waals surface area (Å²) in [6, 6.07) is 12.3. The van der Waals surface area contributed by atoms with E-state index in [-0.39, 0.29) is 23.7 Å². The van der Waals surface area contributed by atoms with Gasteiger partial charge in [-0.25, -0.2) is 9.07 Å². The number of para-hydroxylation sites is 1. The van der Waals surface area contributed by atoms with Crippen LogP contribution in [0.15, 0.2) is 54.9 Å². The van der Waals surface area contributed by atoms with E-state index >= 15 is 0 Å². The van der Waals surface area contributed by atoms with Gasteiger partial charge in [0.2, 0.25) is 5.95 Å². The van der Waals surface area contributed by atoms with Gasteiger partial charge in [-0.15, -0.1) is 0 Å². The third-order valence-electron chi connectivity index (χ3n) is 4.40. The van der Waals surface area contributed by atoms with Crippen molar-refractivity contribution in [3.05, 3.63) is 71.8 Å². The lowest BCUT2D eigenvalue weighted by atomic mass is 9.93. The molecule has 2 atom stereocenters. The van der Waals surface area contributed by atoms with Gasteiger partial charge >= 0.3 is 6.61 Å². The summed E-state index contributed by atoms with van der Waals surface area (Å²) in [5.74, 6) is 0.307. The molecule has 0 radical (unpaired) electrons. The maximum absolute atomic E-state index is 13.3. The van der Waals surface area contributed by atoms with E-state index < -0.39 is 6.61 Å². The van der Waals surface area contributed by atoms with E-state index in [0.717, 1.165) is 5.56 Å². The van der Waals surface area contributed by atoms with Gasteiger partial charge in [-0.3, -0.25) is 0 Å². The summed E-state index contributed by atoms with van der Waals surface area (Å²) in [6.07, 6.45) is 1.94. The summed E-state index contributed by atoms with van der Waals surface area (Å²) in [6.45, 7) is -2.91. The zero-order chi connectivity index (χ0) is 18.1. The SMILES string of the molecule is Fc1ccc([C@@H]2C[C@H](c3ccccc3OC(F)F)Nc3ncnn32)cc1. The van der Waals surface area contributed by atoms with E-state index in [1.54, 1.807) is 35.0 Å². The summed E-state index contributed by atoms with van der Waals surface area (Å²) in [5.41, 5.74) is 1.46. The number of nitrogens with zero attached hydrogens (tertiary/aromatic N) is 3. The number of hydrogen-bond donors (Lipinski definition) is 1. The third kappa shape index (κ3) is 3.10. The van der Waals surface area contributed by atoms with E-state index in [9.17, 15) is 13.2 Å². The van der Waals surface area contributed by atoms with Crippen molar-refractivity contribution in [3.8, 4) is 5.75 Å². The first-order valence-corrected chi connectivity index (χ1v) is 8.07. The number of halogens is 3. The minimum Gasteiger partial charge on any atom is -0.434 e. The molecule has 2 aromatic carbocycles. The Morgan fingerprint density at radius 1 is 1.12 bits per heavy atom. The molecule has 2 heterocycles. The van der Waals surface area contributed by atoms with Crippen LogP contribution in [0.3, 0.4) is 0 Å². The number of aromatic nitrogens is 3. The predicted molar refractivity (Wildman–Crippen MR) is 88.6 cm³/mol. The topological polar surface area (TPSA) is 52.0 Å². The largest absolute Gasteiger partial charge is 0.434 e. The maximum atomic E-state index is 13.3. The Bertz CT molecular complexity index is 897. The number of hydrogen-bond acceptors (Lipinski definition) is 4. The standard InChI is InChI=1S/C18H15F3N4O/c19-12-7-5-11(6-8-12)15-9-14(24-18-22-10-23-25(15)18)13-3-1-2-4-16(13)26-17(20)21/h1-8,10,14-15,17H,9H2,(H,22,23,24)/t14-,15+/m1/s1. The van der Waals surface area contributed by atoms with Crippen molar-refractivity contribution in [2.45, 2.75) is 25.1 Å². The zero-order valence-corrected chi connectivity index (χ0v) is 13.5. The molecule has 26 heavy (non-hydrogen) atoms. The van der Waals surface area contributed by atoms with Gasteiger partial charge in [0, 0.05) is 5.56 Å². The lowest BCUT2D eigenvalue weighted by Gasteiger charge is -2.32. The lowest BCUT2D eigenvalue weighted by Crippen LogP contribution is -2.28. The van der Waals surface area contributed by atoms with Gasteiger partial charge in [0.25, 0.3) is 0 Å². The van der Waals surface area contributed by atoms with Crippen molar-refractivity contribution < 1.29 is 17.9 Å². The molecule has 3 aromatic rings. The van der Waals surface area contributed by atoms with Crippen LogP contribution in [-0.4, -0.2) is 21.4 Å². The Labute approximate surface area is 147 Å². The summed E-state index contributed by atoms with van der Waals surface area (Å²) >= 11 is 0. The molecular formula is C18H15F3N4O. The molecule has 0 amide bonds. The summed E-state index contributed by atoms with van der Waals surface area (Å²) in [4.78, 5) is 4.19. The Morgan fingerprint density at radius 2 is 1.88 bits per heavy atom. The number of rotatable bonds is 4. The van der Waals surface area contributed by atoms with E-state index in [1.807, 2.05) is 0 Å². The van der Waals surface area contributed by atoms with E-state index in [2.05, 4.69) is 20.1 Å². The lowest BCUT2D eigenvalue weighted by molar-refractivity contribution is -0.0506. The first-order valence-electron chi connectivity index (χ1n) is 8.07. The molecular weight excluding hydrogens is 345 g/mol. The molecule has 4 rings (SSSR count). The van der Waals surface area contributed by atoms with Gasteiger partial charge in [-0.1, -0.05) is 30.3 Å². The van der Waals surface area contributed by atoms with Crippen molar-refractivity contribution in [3.63, 3.8) is 0 Å². The highest BCUT2D eigenvalue weighted by Gasteiger charge is 2.31. The van der Waals surface area contributed by atoms with Crippen molar-refractivity contribution in [1.82, 2.24) is 14.8 Å². The van der Waals surface area contributed by atoms with Crippen molar-refractivity contribution in [2.75, 3.05) is 5.32 Å². The second kappa shape index (κ2) is 6.70. The summed E-state index contributed by atoms with van der Waals surface area (Å²) < 4.78 is 45.1. The van der Waals surface area contributed by atoms with Crippen molar-refractivity contribution in [1.29, 1.82) is 0 Å². The van der Waals surface area contributed by atoms with Crippen LogP contribution in [0.4, 0.5) is 19.1 Å². The summed E-state index contributed by atoms with van der Waals surface area (Å²) in [5, 5.41) is 7.44. The molecule has 0 fully saturated rings. The molecule has 8 heteroatoms. The minimum absolute atomic E-state index is 0.117. The fourth-order valence-electron chi connectivity index (χ4n) is 3.26. The molecule has 1 aliphatic heterocycles. The molecule has 1 aromatic heterocycles. The molecule has 0 saturated carbocycles. The van der Waals surface area contributed by atoms with Crippen LogP contribution in [0.1, 0.15) is 29.6 Å². The number of nitrogens with one attached hydrogen (secondary N) is 1. The number of ether oxygens (including phenoxy) is 1. The fraction of sp³-hybridized carbons (Fsp3) is 0.222. The number of fused-ring (bicyclic) bond motifs is 1. The Kier molecular flexibility index (Phi) is 4.24. The van der Waals surface area contributed by atoms with Gasteiger partial charge in [0.15, 0.2) is 0 Å². The highest BCUT2D eigenvalue weighted by atomic mass is 19.3. The molecule has 0 aliphatic carbocycles. The first-order chi connectivity index (χ1) is 12.6. The van der Waals surface area contributed by atoms with Crippen LogP contribution in [0, 0.1) is 5.82 Å². The van der Waals surface area contributed by atoms with Gasteiger partial charge < -0.3 is 10.1 Å². The average molecular weight is 360 g/mol. The van der Waals surface area contributed by atoms with Crippen LogP contribution in [0.5, 0.6) is 5.75 Å². The number of anilines is 1. The Balaban J connectivity index is 1.71. The van der Waals surface area contributed by atoms with Crippen LogP contribution in [0.2, 0.25) is 0 Å². The Morgan fingerprint density at radius 3 is 2.65 bits per heavy atom. The molecule has 1 N–H and O–H groups in total. The second-order valence-corrected chi connectivity index (χ2v) is 5.94. The van der Waals surface area contributed by atoms with E-state index in [1.165, 1.54) is 24.5 Å². The number of alkyl halides is 2. The van der Waals surface area contributed by atoms with Crippen LogP contribution < -0.4 is 10.1 Å². The zero-order valence-electron chi connectivity index (χ0n) is 13.5. The Hall–Kier alpha value is -3.03. The van der Waals surface area contributed by atoms with Crippen molar-refractivity contribution >= 4 is 5.95 Å². The number of benzene rings is 2. The smallest absolute Gasteiger partial charge is 0.387 e. The van der Waals surface area contributed by atoms with Crippen LogP contribution in [-0.2, 0) is 0 Å². The van der Waals surface area contributed by atoms with Gasteiger partial charge in [0.05, 0.1) is 12.1 Å². The molecule has 0 spiro atoms. The monoisotopic (exact) mass is 360 g/mol. The highest BCUT2D eigenvalue weighted by Crippen LogP contribution is 2.40. The highest BCUT2D eigenvalue weighted by molar-refractivity contribution is 5.43. The van der Waals surface area contributed by atoms with E-state index in [0.29, 0.717) is 17.9 Å². The first kappa shape index (κ1) is 16.4. The minimum atomic E-state index is -2.91. The fourth-order valence-corrected chi connectivity index (χ4v) is 3.26. The van der Waals surface area contributed by atoms with Gasteiger partial charge in [-0.2, -0.15) is 18.9 Å². The molecule has 1 aliphatic rings. The molecule has 134 valence electrons. The van der Waals surface area contributed by atoms with Gasteiger partial charge in [-0.05, 0) is 30.2 Å². The van der Waals surface area contributed by atoms with Crippen LogP contribution in [0.25, 0.3) is 0 Å². The molecule has 0 bridgehead atoms. The van der Waals surface area contributed by atoms with Gasteiger partial charge in [0.1, 0.15) is 17.9 Å². The molecule has 0 saturated heterocycles. The quantitative estimate of drug-likeness (QED) is 0.759. The predicted octanol–water partition coefficient (Wildman–Crippen LogP) is 4.16. The molecule has 0 unspecified atom stereocenters. The third-order valence-corrected chi connectivity index (χ3v) is 4.40. The van der Waals surface area contributed by atoms with Crippen molar-refractivity contribution in [2.24, 2.45) is 0 Å². The second-order valence-electron chi connectivity index (χ2n) is 5.94. The molecule has 5 nitrogen and oxygen atoms in total.